The summed E-state index contributed by atoms with van der Waals surface area (Å²) in [4.78, 5) is 14.6. The molecule has 0 aliphatic carbocycles. The molecule has 1 aromatic heterocycles. The van der Waals surface area contributed by atoms with Crippen LogP contribution in [0.4, 0.5) is 18.0 Å². The minimum absolute atomic E-state index is 0.216. The number of carbonyl (C=O) groups is 1. The molecule has 0 fully saturated rings. The lowest BCUT2D eigenvalue weighted by Crippen LogP contribution is -2.37. The van der Waals surface area contributed by atoms with Crippen molar-refractivity contribution in [2.45, 2.75) is 19.1 Å². The van der Waals surface area contributed by atoms with Crippen LogP contribution in [0.5, 0.6) is 0 Å². The highest BCUT2D eigenvalue weighted by Gasteiger charge is 2.29. The van der Waals surface area contributed by atoms with Crippen molar-refractivity contribution in [2.75, 3.05) is 13.6 Å². The fourth-order valence-electron chi connectivity index (χ4n) is 2.05. The van der Waals surface area contributed by atoms with E-state index in [-0.39, 0.29) is 6.03 Å². The van der Waals surface area contributed by atoms with Crippen LogP contribution in [0.15, 0.2) is 40.2 Å². The van der Waals surface area contributed by atoms with Crippen LogP contribution in [0.25, 0.3) is 0 Å². The summed E-state index contributed by atoms with van der Waals surface area (Å²) in [6.45, 7) is 0.866. The van der Waals surface area contributed by atoms with Crippen LogP contribution < -0.4 is 5.32 Å². The average Bonchev–Trinajstić information content (AvgIpc) is 2.91. The molecule has 0 unspecified atom stereocenters. The van der Waals surface area contributed by atoms with Crippen LogP contribution in [0.1, 0.15) is 16.0 Å². The number of thiophene rings is 1. The smallest absolute Gasteiger partial charge is 0.338 e. The van der Waals surface area contributed by atoms with E-state index in [1.165, 1.54) is 12.1 Å². The van der Waals surface area contributed by atoms with E-state index in [1.807, 2.05) is 11.4 Å². The molecule has 0 radical (unpaired) electrons. The number of benzene rings is 1. The summed E-state index contributed by atoms with van der Waals surface area (Å²) in [6.07, 6.45) is -3.85. The molecular weight excluding hydrogens is 405 g/mol. The number of nitrogens with zero attached hydrogens (tertiary/aromatic N) is 1. The number of rotatable bonds is 5. The fraction of sp³-hybridized carbons (Fsp3) is 0.312. The number of amides is 2. The third kappa shape index (κ3) is 5.52. The second kappa shape index (κ2) is 8.02. The van der Waals surface area contributed by atoms with E-state index in [9.17, 15) is 18.0 Å². The van der Waals surface area contributed by atoms with Crippen molar-refractivity contribution in [3.05, 3.63) is 56.2 Å². The van der Waals surface area contributed by atoms with Crippen molar-refractivity contribution in [3.63, 3.8) is 0 Å². The topological polar surface area (TPSA) is 32.3 Å². The third-order valence-corrected chi connectivity index (χ3v) is 5.02. The minimum atomic E-state index is -4.33. The first-order chi connectivity index (χ1) is 11.3. The van der Waals surface area contributed by atoms with Crippen molar-refractivity contribution in [1.29, 1.82) is 0 Å². The van der Waals surface area contributed by atoms with Gasteiger partial charge in [0.2, 0.25) is 0 Å². The van der Waals surface area contributed by atoms with Gasteiger partial charge in [-0.15, -0.1) is 11.3 Å². The molecule has 0 spiro atoms. The Morgan fingerprint density at radius 1 is 1.29 bits per heavy atom. The van der Waals surface area contributed by atoms with Gasteiger partial charge in [-0.1, -0.05) is 12.1 Å². The Hall–Kier alpha value is -1.54. The molecule has 0 aliphatic heterocycles. The highest BCUT2D eigenvalue weighted by Crippen LogP contribution is 2.29. The van der Waals surface area contributed by atoms with E-state index in [0.29, 0.717) is 19.5 Å². The predicted octanol–water partition coefficient (Wildman–Crippen LogP) is 4.91. The quantitative estimate of drug-likeness (QED) is 0.731. The van der Waals surface area contributed by atoms with Crippen LogP contribution in [0.3, 0.4) is 0 Å². The molecule has 0 bridgehead atoms. The van der Waals surface area contributed by atoms with E-state index < -0.39 is 11.7 Å². The minimum Gasteiger partial charge on any atom is -0.338 e. The molecule has 130 valence electrons. The highest BCUT2D eigenvalue weighted by molar-refractivity contribution is 9.10. The molecule has 24 heavy (non-hydrogen) atoms. The van der Waals surface area contributed by atoms with E-state index in [2.05, 4.69) is 21.2 Å². The summed E-state index contributed by atoms with van der Waals surface area (Å²) in [5.41, 5.74) is 0.0743. The second-order valence-electron chi connectivity index (χ2n) is 5.26. The molecule has 0 atom stereocenters. The molecule has 3 nitrogen and oxygen atoms in total. The van der Waals surface area contributed by atoms with Gasteiger partial charge in [0.1, 0.15) is 0 Å². The van der Waals surface area contributed by atoms with Crippen molar-refractivity contribution in [3.8, 4) is 0 Å². The highest BCUT2D eigenvalue weighted by atomic mass is 79.9. The average molecular weight is 421 g/mol. The molecule has 2 amide bonds. The van der Waals surface area contributed by atoms with Gasteiger partial charge < -0.3 is 10.2 Å². The maximum absolute atomic E-state index is 12.5. The Morgan fingerprint density at radius 3 is 2.50 bits per heavy atom. The van der Waals surface area contributed by atoms with Gasteiger partial charge in [0.25, 0.3) is 0 Å². The van der Waals surface area contributed by atoms with Crippen molar-refractivity contribution < 1.29 is 18.0 Å². The van der Waals surface area contributed by atoms with Gasteiger partial charge in [0.05, 0.1) is 12.1 Å². The Labute approximate surface area is 150 Å². The van der Waals surface area contributed by atoms with Gasteiger partial charge in [0, 0.05) is 28.3 Å². The summed E-state index contributed by atoms with van der Waals surface area (Å²) >= 11 is 4.92. The van der Waals surface area contributed by atoms with Crippen LogP contribution in [0.2, 0.25) is 0 Å². The number of carbonyl (C=O) groups excluding carboxylic acids is 1. The predicted molar refractivity (Wildman–Crippen MR) is 92.0 cm³/mol. The molecule has 0 saturated heterocycles. The number of alkyl halides is 3. The number of urea groups is 1. The van der Waals surface area contributed by atoms with Crippen LogP contribution in [-0.2, 0) is 19.1 Å². The molecule has 8 heteroatoms. The standard InChI is InChI=1S/C16H16BrF3N2OS/c1-22(9-14-8-13(17)10-24-14)15(23)21-7-6-11-2-4-12(5-3-11)16(18,19)20/h2-5,8,10H,6-7,9H2,1H3,(H,21,23). The first kappa shape index (κ1) is 18.8. The zero-order valence-corrected chi connectivity index (χ0v) is 15.3. The van der Waals surface area contributed by atoms with E-state index in [4.69, 9.17) is 0 Å². The molecule has 2 aromatic rings. The lowest BCUT2D eigenvalue weighted by molar-refractivity contribution is -0.137. The lowest BCUT2D eigenvalue weighted by Gasteiger charge is -2.17. The maximum atomic E-state index is 12.5. The van der Waals surface area contributed by atoms with Gasteiger partial charge in [0.15, 0.2) is 0 Å². The number of hydrogen-bond donors (Lipinski definition) is 1. The second-order valence-corrected chi connectivity index (χ2v) is 7.18. The van der Waals surface area contributed by atoms with E-state index in [1.54, 1.807) is 23.3 Å². The van der Waals surface area contributed by atoms with Gasteiger partial charge >= 0.3 is 12.2 Å². The number of halogens is 4. The van der Waals surface area contributed by atoms with Gasteiger partial charge in [-0.25, -0.2) is 4.79 Å². The Morgan fingerprint density at radius 2 is 1.96 bits per heavy atom. The van der Waals surface area contributed by atoms with Gasteiger partial charge in [-0.2, -0.15) is 13.2 Å². The van der Waals surface area contributed by atoms with Crippen molar-refractivity contribution in [2.24, 2.45) is 0 Å². The van der Waals surface area contributed by atoms with Gasteiger partial charge in [-0.3, -0.25) is 0 Å². The molecular formula is C16H16BrF3N2OS. The number of nitrogens with one attached hydrogen (secondary N) is 1. The van der Waals surface area contributed by atoms with Crippen LogP contribution in [0, 0.1) is 0 Å². The Kier molecular flexibility index (Phi) is 6.28. The Balaban J connectivity index is 1.77. The largest absolute Gasteiger partial charge is 0.416 e. The summed E-state index contributed by atoms with van der Waals surface area (Å²) < 4.78 is 38.4. The van der Waals surface area contributed by atoms with Crippen LogP contribution in [-0.4, -0.2) is 24.5 Å². The first-order valence-electron chi connectivity index (χ1n) is 7.13. The van der Waals surface area contributed by atoms with Crippen molar-refractivity contribution >= 4 is 33.3 Å². The summed E-state index contributed by atoms with van der Waals surface area (Å²) in [5, 5.41) is 4.71. The van der Waals surface area contributed by atoms with Crippen LogP contribution >= 0.6 is 27.3 Å². The Bertz CT molecular complexity index is 685. The molecule has 1 heterocycles. The number of hydrogen-bond acceptors (Lipinski definition) is 2. The third-order valence-electron chi connectivity index (χ3n) is 3.33. The maximum Gasteiger partial charge on any atom is 0.416 e. The lowest BCUT2D eigenvalue weighted by atomic mass is 10.1. The van der Waals surface area contributed by atoms with E-state index in [0.717, 1.165) is 27.0 Å². The van der Waals surface area contributed by atoms with Gasteiger partial charge in [-0.05, 0) is 46.1 Å². The monoisotopic (exact) mass is 420 g/mol. The van der Waals surface area contributed by atoms with Crippen molar-refractivity contribution in [1.82, 2.24) is 10.2 Å². The fourth-order valence-corrected chi connectivity index (χ4v) is 3.55. The van der Waals surface area contributed by atoms with E-state index >= 15 is 0 Å². The molecule has 1 N–H and O–H groups in total. The summed E-state index contributed by atoms with van der Waals surface area (Å²) in [6, 6.07) is 6.71. The molecule has 1 aromatic carbocycles. The SMILES string of the molecule is CN(Cc1cc(Br)cs1)C(=O)NCCc1ccc(C(F)(F)F)cc1. The molecule has 0 saturated carbocycles. The summed E-state index contributed by atoms with van der Waals surface area (Å²) in [5.74, 6) is 0. The first-order valence-corrected chi connectivity index (χ1v) is 8.81. The zero-order chi connectivity index (χ0) is 17.7. The normalized spacial score (nSPS) is 11.4. The molecule has 2 rings (SSSR count). The zero-order valence-electron chi connectivity index (χ0n) is 12.9. The molecule has 0 aliphatic rings. The summed E-state index contributed by atoms with van der Waals surface area (Å²) in [7, 11) is 1.70.